The summed E-state index contributed by atoms with van der Waals surface area (Å²) < 4.78 is 4.61. The van der Waals surface area contributed by atoms with Gasteiger partial charge in [0.2, 0.25) is 0 Å². The van der Waals surface area contributed by atoms with E-state index in [4.69, 9.17) is 5.11 Å². The van der Waals surface area contributed by atoms with Crippen LogP contribution in [-0.4, -0.2) is 24.4 Å². The summed E-state index contributed by atoms with van der Waals surface area (Å²) in [5.74, 6) is 0. The molecule has 39 valence electrons. The molecule has 1 saturated heterocycles. The summed E-state index contributed by atoms with van der Waals surface area (Å²) in [6, 6.07) is 0. The van der Waals surface area contributed by atoms with Crippen molar-refractivity contribution in [1.29, 1.82) is 0 Å². The molecular weight excluding hydrogens is 171 g/mol. The number of aliphatic hydroxyl groups excluding tert-OH is 1. The molecule has 0 aromatic rings. The van der Waals surface area contributed by atoms with Crippen molar-refractivity contribution in [2.75, 3.05) is 13.2 Å². The fourth-order valence-electron chi connectivity index (χ4n) is 0.173. The number of rotatable bonds is 1. The minimum atomic E-state index is 0. The predicted molar refractivity (Wildman–Crippen MR) is 16.8 cm³/mol. The van der Waals surface area contributed by atoms with Crippen LogP contribution < -0.4 is 0 Å². The molecule has 1 radical (unpaired) electrons. The van der Waals surface area contributed by atoms with Crippen molar-refractivity contribution < 1.29 is 29.3 Å². The van der Waals surface area contributed by atoms with Crippen molar-refractivity contribution in [3.05, 3.63) is 0 Å². The summed E-state index contributed by atoms with van der Waals surface area (Å²) in [7, 11) is 0. The van der Waals surface area contributed by atoms with Gasteiger partial charge in [-0.1, -0.05) is 0 Å². The molecule has 0 aliphatic carbocycles. The Balaban J connectivity index is 0.000000250. The Morgan fingerprint density at radius 1 is 1.83 bits per heavy atom. The second-order valence-corrected chi connectivity index (χ2v) is 1.14. The van der Waals surface area contributed by atoms with Crippen LogP contribution in [0.4, 0.5) is 0 Å². The van der Waals surface area contributed by atoms with Gasteiger partial charge in [0.05, 0.1) is 13.2 Å². The van der Waals surface area contributed by atoms with Gasteiger partial charge < -0.3 is 9.84 Å². The molecule has 3 heteroatoms. The Morgan fingerprint density at radius 3 is 2.33 bits per heavy atom. The molecule has 0 amide bonds. The summed E-state index contributed by atoms with van der Waals surface area (Å²) in [5.41, 5.74) is 0. The van der Waals surface area contributed by atoms with Crippen molar-refractivity contribution in [2.24, 2.45) is 0 Å². The van der Waals surface area contributed by atoms with Gasteiger partial charge >= 0.3 is 0 Å². The van der Waals surface area contributed by atoms with Crippen LogP contribution in [0.15, 0.2) is 0 Å². The maximum atomic E-state index is 8.08. The van der Waals surface area contributed by atoms with Crippen molar-refractivity contribution in [1.82, 2.24) is 0 Å². The summed E-state index contributed by atoms with van der Waals surface area (Å²) in [5, 5.41) is 8.08. The first-order valence-corrected chi connectivity index (χ1v) is 1.66. The molecule has 1 aliphatic rings. The number of ether oxygens (including phenoxy) is 1. The van der Waals surface area contributed by atoms with E-state index in [9.17, 15) is 0 Å². The van der Waals surface area contributed by atoms with Gasteiger partial charge in [-0.25, -0.2) is 0 Å². The first-order valence-electron chi connectivity index (χ1n) is 1.66. The molecule has 1 fully saturated rings. The van der Waals surface area contributed by atoms with E-state index in [1.165, 1.54) is 0 Å². The maximum Gasteiger partial charge on any atom is 0.104 e. The zero-order valence-corrected chi connectivity index (χ0v) is 4.82. The molecule has 1 atom stereocenters. The Hall–Kier alpha value is 0.543. The molecule has 0 bridgehead atoms. The van der Waals surface area contributed by atoms with Gasteiger partial charge in [-0.3, -0.25) is 0 Å². The van der Waals surface area contributed by atoms with Gasteiger partial charge in [-0.05, 0) is 0 Å². The fraction of sp³-hybridized carbons (Fsp3) is 1.00. The second kappa shape index (κ2) is 2.67. The minimum absolute atomic E-state index is 0. The zero-order chi connectivity index (χ0) is 3.70. The van der Waals surface area contributed by atoms with Crippen LogP contribution in [0.25, 0.3) is 0 Å². The van der Waals surface area contributed by atoms with Crippen molar-refractivity contribution in [3.8, 4) is 0 Å². The number of aliphatic hydroxyl groups is 1. The summed E-state index contributed by atoms with van der Waals surface area (Å²) in [6.45, 7) is 0.955. The smallest absolute Gasteiger partial charge is 0.104 e. The fourth-order valence-corrected chi connectivity index (χ4v) is 0.173. The Kier molecular flexibility index (Phi) is 2.91. The third kappa shape index (κ3) is 1.86. The van der Waals surface area contributed by atoms with Crippen LogP contribution in [-0.2, 0) is 24.2 Å². The molecule has 0 aromatic carbocycles. The van der Waals surface area contributed by atoms with E-state index in [0.29, 0.717) is 0 Å². The Bertz CT molecular complexity index is 35.8. The molecule has 0 aromatic heterocycles. The zero-order valence-electron chi connectivity index (χ0n) is 3.18. The summed E-state index contributed by atoms with van der Waals surface area (Å²) in [4.78, 5) is 0. The monoisotopic (exact) mass is 177 g/mol. The number of hydrogen-bond donors (Lipinski definition) is 1. The first-order chi connectivity index (χ1) is 2.43. The van der Waals surface area contributed by atoms with Gasteiger partial charge in [-0.2, -0.15) is 0 Å². The molecule has 1 unspecified atom stereocenters. The van der Waals surface area contributed by atoms with Crippen molar-refractivity contribution >= 4 is 0 Å². The molecule has 1 heterocycles. The number of hydrogen-bond acceptors (Lipinski definition) is 2. The minimum Gasteiger partial charge on any atom is -0.394 e. The van der Waals surface area contributed by atoms with Gasteiger partial charge in [-0.15, -0.1) is 0 Å². The second-order valence-electron chi connectivity index (χ2n) is 1.14. The molecule has 2 nitrogen and oxygen atoms in total. The quantitative estimate of drug-likeness (QED) is 0.427. The van der Waals surface area contributed by atoms with E-state index in [1.54, 1.807) is 0 Å². The first kappa shape index (κ1) is 6.54. The average molecular weight is 177 g/mol. The molecule has 1 rings (SSSR count). The number of epoxide rings is 1. The Morgan fingerprint density at radius 2 is 2.33 bits per heavy atom. The molecule has 1 N–H and O–H groups in total. The summed E-state index contributed by atoms with van der Waals surface area (Å²) in [6.07, 6.45) is 0.190. The van der Waals surface area contributed by atoms with Crippen LogP contribution in [0, 0.1) is 0 Å². The molecule has 0 saturated carbocycles. The van der Waals surface area contributed by atoms with Gasteiger partial charge in [0.25, 0.3) is 0 Å². The normalized spacial score (nSPS) is 28.5. The van der Waals surface area contributed by atoms with E-state index in [0.717, 1.165) is 6.61 Å². The molecule has 0 spiro atoms. The van der Waals surface area contributed by atoms with Crippen LogP contribution >= 0.6 is 0 Å². The molecule has 6 heavy (non-hydrogen) atoms. The van der Waals surface area contributed by atoms with Gasteiger partial charge in [0.1, 0.15) is 6.10 Å². The van der Waals surface area contributed by atoms with E-state index >= 15 is 0 Å². The van der Waals surface area contributed by atoms with E-state index < -0.39 is 0 Å². The average Bonchev–Trinajstić information content (AvgIpc) is 2.12. The van der Waals surface area contributed by atoms with Crippen LogP contribution in [0.3, 0.4) is 0 Å². The van der Waals surface area contributed by atoms with Crippen LogP contribution in [0.2, 0.25) is 0 Å². The maximum absolute atomic E-state index is 8.08. The van der Waals surface area contributed by atoms with E-state index in [2.05, 4.69) is 4.74 Å². The van der Waals surface area contributed by atoms with Crippen molar-refractivity contribution in [2.45, 2.75) is 6.10 Å². The van der Waals surface area contributed by atoms with Crippen LogP contribution in [0.5, 0.6) is 0 Å². The summed E-state index contributed by atoms with van der Waals surface area (Å²) >= 11 is 0. The SMILES string of the molecule is OCC1CO1.[Rh]. The standard InChI is InChI=1S/C3H6O2.Rh/c4-1-3-2-5-3;/h3-4H,1-2H2;. The van der Waals surface area contributed by atoms with Crippen molar-refractivity contribution in [3.63, 3.8) is 0 Å². The van der Waals surface area contributed by atoms with Crippen LogP contribution in [0.1, 0.15) is 0 Å². The predicted octanol–water partition coefficient (Wildman–Crippen LogP) is -0.625. The Labute approximate surface area is 49.3 Å². The third-order valence-corrected chi connectivity index (χ3v) is 0.606. The van der Waals surface area contributed by atoms with Gasteiger partial charge in [0.15, 0.2) is 0 Å². The van der Waals surface area contributed by atoms with E-state index in [1.807, 2.05) is 0 Å². The van der Waals surface area contributed by atoms with E-state index in [-0.39, 0.29) is 32.2 Å². The topological polar surface area (TPSA) is 32.8 Å². The largest absolute Gasteiger partial charge is 0.394 e. The molecular formula is C3H6O2Rh. The molecule has 1 aliphatic heterocycles. The third-order valence-electron chi connectivity index (χ3n) is 0.606. The van der Waals surface area contributed by atoms with Gasteiger partial charge in [0, 0.05) is 19.5 Å².